The average molecular weight is 365 g/mol. The van der Waals surface area contributed by atoms with Crippen LogP contribution in [0.2, 0.25) is 0 Å². The topological polar surface area (TPSA) is 63.3 Å². The summed E-state index contributed by atoms with van der Waals surface area (Å²) < 4.78 is 2.69. The first kappa shape index (κ1) is 13.2. The number of phenolic OH excluding ortho intramolecular Hbond substituents is 1. The normalized spacial score (nSPS) is 16.0. The number of halogens is 1. The van der Waals surface area contributed by atoms with Crippen molar-refractivity contribution in [2.45, 2.75) is 31.6 Å². The molecule has 0 atom stereocenters. The van der Waals surface area contributed by atoms with E-state index in [0.29, 0.717) is 5.92 Å². The summed E-state index contributed by atoms with van der Waals surface area (Å²) in [6.07, 6.45) is 4.84. The molecule has 2 heterocycles. The van der Waals surface area contributed by atoms with Crippen LogP contribution in [0.25, 0.3) is 15.5 Å². The van der Waals surface area contributed by atoms with Crippen molar-refractivity contribution >= 4 is 32.2 Å². The van der Waals surface area contributed by atoms with E-state index in [-0.39, 0.29) is 5.75 Å². The van der Waals surface area contributed by atoms with Gasteiger partial charge in [-0.1, -0.05) is 40.1 Å². The van der Waals surface area contributed by atoms with Crippen LogP contribution < -0.4 is 0 Å². The largest absolute Gasteiger partial charge is 0.507 e. The molecule has 0 unspecified atom stereocenters. The van der Waals surface area contributed by atoms with Gasteiger partial charge in [0.2, 0.25) is 4.96 Å². The zero-order valence-corrected chi connectivity index (χ0v) is 13.6. The molecule has 5 nitrogen and oxygen atoms in total. The summed E-state index contributed by atoms with van der Waals surface area (Å²) in [5.41, 5.74) is 0.728. The number of rotatable bonds is 2. The molecule has 1 aromatic carbocycles. The second kappa shape index (κ2) is 5.06. The van der Waals surface area contributed by atoms with Crippen molar-refractivity contribution in [2.75, 3.05) is 0 Å². The van der Waals surface area contributed by atoms with E-state index in [4.69, 9.17) is 0 Å². The quantitative estimate of drug-likeness (QED) is 0.746. The van der Waals surface area contributed by atoms with E-state index in [9.17, 15) is 5.11 Å². The molecular weight excluding hydrogens is 352 g/mol. The van der Waals surface area contributed by atoms with E-state index < -0.39 is 0 Å². The van der Waals surface area contributed by atoms with Crippen LogP contribution in [-0.4, -0.2) is 24.9 Å². The van der Waals surface area contributed by atoms with E-state index >= 15 is 0 Å². The lowest BCUT2D eigenvalue weighted by Crippen LogP contribution is -2.01. The van der Waals surface area contributed by atoms with E-state index in [1.165, 1.54) is 24.2 Å². The lowest BCUT2D eigenvalue weighted by molar-refractivity contribution is 0.477. The highest BCUT2D eigenvalue weighted by Gasteiger charge is 2.24. The summed E-state index contributed by atoms with van der Waals surface area (Å²) in [6, 6.07) is 5.44. The number of aromatic hydroxyl groups is 1. The van der Waals surface area contributed by atoms with Crippen LogP contribution in [0.5, 0.6) is 5.75 Å². The fourth-order valence-electron chi connectivity index (χ4n) is 2.87. The fourth-order valence-corrected chi connectivity index (χ4v) is 4.09. The third kappa shape index (κ3) is 2.24. The molecule has 0 bridgehead atoms. The van der Waals surface area contributed by atoms with Crippen molar-refractivity contribution < 1.29 is 5.11 Å². The van der Waals surface area contributed by atoms with Crippen LogP contribution in [-0.2, 0) is 0 Å². The van der Waals surface area contributed by atoms with Crippen LogP contribution >= 0.6 is 27.3 Å². The van der Waals surface area contributed by atoms with Gasteiger partial charge in [-0.2, -0.15) is 9.61 Å². The number of benzene rings is 1. The molecule has 0 aliphatic heterocycles. The molecule has 1 saturated carbocycles. The maximum Gasteiger partial charge on any atom is 0.234 e. The third-order valence-corrected chi connectivity index (χ3v) is 5.35. The Balaban J connectivity index is 1.80. The predicted molar refractivity (Wildman–Crippen MR) is 84.7 cm³/mol. The molecule has 1 N–H and O–H groups in total. The molecule has 0 radical (unpaired) electrons. The third-order valence-electron chi connectivity index (χ3n) is 3.93. The van der Waals surface area contributed by atoms with Gasteiger partial charge in [0.1, 0.15) is 5.75 Å². The summed E-state index contributed by atoms with van der Waals surface area (Å²) in [4.78, 5) is 0.786. The molecule has 1 aliphatic rings. The highest BCUT2D eigenvalue weighted by molar-refractivity contribution is 9.10. The number of hydrogen-bond acceptors (Lipinski definition) is 5. The second-order valence-electron chi connectivity index (χ2n) is 5.30. The number of phenols is 1. The first-order chi connectivity index (χ1) is 10.2. The Morgan fingerprint density at radius 3 is 2.81 bits per heavy atom. The second-order valence-corrected chi connectivity index (χ2v) is 7.17. The van der Waals surface area contributed by atoms with E-state index in [1.807, 2.05) is 16.6 Å². The average Bonchev–Trinajstić information content (AvgIpc) is 3.13. The Kier molecular flexibility index (Phi) is 3.19. The summed E-state index contributed by atoms with van der Waals surface area (Å²) in [5.74, 6) is 1.65. The standard InChI is InChI=1S/C14H13BrN4OS/c15-9-5-6-10(11(20)7-9)13-18-19-12(8-3-1-2-4-8)16-17-14(19)21-13/h5-8,20H,1-4H2. The monoisotopic (exact) mass is 364 g/mol. The van der Waals surface area contributed by atoms with E-state index in [1.54, 1.807) is 6.07 Å². The Hall–Kier alpha value is -1.47. The van der Waals surface area contributed by atoms with Crippen LogP contribution in [0.3, 0.4) is 0 Å². The molecule has 3 aromatic rings. The highest BCUT2D eigenvalue weighted by Crippen LogP contribution is 2.37. The highest BCUT2D eigenvalue weighted by atomic mass is 79.9. The molecule has 0 amide bonds. The van der Waals surface area contributed by atoms with Gasteiger partial charge in [-0.05, 0) is 31.0 Å². The van der Waals surface area contributed by atoms with Crippen LogP contribution in [0.15, 0.2) is 22.7 Å². The Bertz CT molecular complexity index is 807. The van der Waals surface area contributed by atoms with Crippen molar-refractivity contribution in [3.05, 3.63) is 28.5 Å². The molecule has 0 spiro atoms. The summed E-state index contributed by atoms with van der Waals surface area (Å²) in [5, 5.41) is 24.0. The van der Waals surface area contributed by atoms with Crippen LogP contribution in [0.4, 0.5) is 0 Å². The smallest absolute Gasteiger partial charge is 0.234 e. The summed E-state index contributed by atoms with van der Waals surface area (Å²) >= 11 is 4.80. The minimum Gasteiger partial charge on any atom is -0.507 e. The molecule has 1 aliphatic carbocycles. The first-order valence-corrected chi connectivity index (χ1v) is 8.54. The van der Waals surface area contributed by atoms with Gasteiger partial charge in [0.05, 0.1) is 5.56 Å². The number of aromatic nitrogens is 4. The van der Waals surface area contributed by atoms with Gasteiger partial charge in [-0.15, -0.1) is 10.2 Å². The molecule has 21 heavy (non-hydrogen) atoms. The molecule has 0 saturated heterocycles. The van der Waals surface area contributed by atoms with Crippen LogP contribution in [0.1, 0.15) is 37.4 Å². The SMILES string of the molecule is Oc1cc(Br)ccc1-c1nn2c(C3CCCC3)nnc2s1. The summed E-state index contributed by atoms with van der Waals surface area (Å²) in [6.45, 7) is 0. The molecule has 7 heteroatoms. The lowest BCUT2D eigenvalue weighted by Gasteiger charge is -2.04. The van der Waals surface area contributed by atoms with Gasteiger partial charge in [-0.3, -0.25) is 0 Å². The molecule has 4 rings (SSSR count). The Labute approximate surface area is 133 Å². The maximum atomic E-state index is 10.1. The first-order valence-electron chi connectivity index (χ1n) is 6.93. The molecular formula is C14H13BrN4OS. The van der Waals surface area contributed by atoms with Crippen LogP contribution in [0, 0.1) is 0 Å². The van der Waals surface area contributed by atoms with Crippen molar-refractivity contribution in [1.29, 1.82) is 0 Å². The number of fused-ring (bicyclic) bond motifs is 1. The molecule has 2 aromatic heterocycles. The fraction of sp³-hybridized carbons (Fsp3) is 0.357. The lowest BCUT2D eigenvalue weighted by atomic mass is 10.1. The van der Waals surface area contributed by atoms with Crippen molar-refractivity contribution in [2.24, 2.45) is 0 Å². The van der Waals surface area contributed by atoms with E-state index in [2.05, 4.69) is 31.2 Å². The molecule has 108 valence electrons. The number of nitrogens with zero attached hydrogens (tertiary/aromatic N) is 4. The zero-order chi connectivity index (χ0) is 14.4. The minimum absolute atomic E-state index is 0.219. The van der Waals surface area contributed by atoms with Crippen molar-refractivity contribution in [3.8, 4) is 16.3 Å². The molecule has 1 fully saturated rings. The van der Waals surface area contributed by atoms with Gasteiger partial charge in [0, 0.05) is 10.4 Å². The predicted octanol–water partition coefficient (Wildman–Crippen LogP) is 3.98. The Morgan fingerprint density at radius 1 is 1.24 bits per heavy atom. The van der Waals surface area contributed by atoms with E-state index in [0.717, 1.165) is 38.7 Å². The zero-order valence-electron chi connectivity index (χ0n) is 11.2. The Morgan fingerprint density at radius 2 is 2.05 bits per heavy atom. The van der Waals surface area contributed by atoms with Gasteiger partial charge >= 0.3 is 0 Å². The van der Waals surface area contributed by atoms with Gasteiger partial charge in [-0.25, -0.2) is 0 Å². The maximum absolute atomic E-state index is 10.1. The number of hydrogen-bond donors (Lipinski definition) is 1. The minimum atomic E-state index is 0.219. The van der Waals surface area contributed by atoms with Gasteiger partial charge in [0.25, 0.3) is 0 Å². The van der Waals surface area contributed by atoms with Gasteiger partial charge < -0.3 is 5.11 Å². The van der Waals surface area contributed by atoms with Crippen molar-refractivity contribution in [1.82, 2.24) is 19.8 Å². The summed E-state index contributed by atoms with van der Waals surface area (Å²) in [7, 11) is 0. The van der Waals surface area contributed by atoms with Crippen molar-refractivity contribution in [3.63, 3.8) is 0 Å². The van der Waals surface area contributed by atoms with Gasteiger partial charge in [0.15, 0.2) is 10.8 Å².